The summed E-state index contributed by atoms with van der Waals surface area (Å²) < 4.78 is 11.6. The van der Waals surface area contributed by atoms with Crippen molar-refractivity contribution in [1.82, 2.24) is 15.3 Å². The summed E-state index contributed by atoms with van der Waals surface area (Å²) in [4.78, 5) is 20.4. The fraction of sp³-hybridized carbons (Fsp3) is 0.227. The number of nitrogens with one attached hydrogen (secondary N) is 2. The Morgan fingerprint density at radius 1 is 1.03 bits per heavy atom. The highest BCUT2D eigenvalue weighted by Gasteiger charge is 2.18. The monoisotopic (exact) mass is 405 g/mol. The summed E-state index contributed by atoms with van der Waals surface area (Å²) in [5.74, 6) is 1.76. The molecular formula is C22H23N5O3. The lowest BCUT2D eigenvalue weighted by atomic mass is 10.1. The summed E-state index contributed by atoms with van der Waals surface area (Å²) in [5.41, 5.74) is 5.58. The number of anilines is 1. The van der Waals surface area contributed by atoms with Crippen molar-refractivity contribution < 1.29 is 14.3 Å². The van der Waals surface area contributed by atoms with Crippen LogP contribution in [0.2, 0.25) is 0 Å². The van der Waals surface area contributed by atoms with Gasteiger partial charge in [0, 0.05) is 18.8 Å². The van der Waals surface area contributed by atoms with Gasteiger partial charge in [-0.2, -0.15) is 4.98 Å². The van der Waals surface area contributed by atoms with E-state index in [0.29, 0.717) is 17.4 Å². The third-order valence-electron chi connectivity index (χ3n) is 4.67. The number of ether oxygens (including phenoxy) is 2. The summed E-state index contributed by atoms with van der Waals surface area (Å²) in [7, 11) is 0. The number of carbonyl (C=O) groups excluding carboxylic acids is 1. The van der Waals surface area contributed by atoms with Crippen molar-refractivity contribution in [2.45, 2.75) is 18.9 Å². The third kappa shape index (κ3) is 5.03. The van der Waals surface area contributed by atoms with E-state index in [0.717, 1.165) is 31.7 Å². The number of nitrogens with zero attached hydrogens (tertiary/aromatic N) is 2. The predicted octanol–water partition coefficient (Wildman–Crippen LogP) is 3.32. The molecule has 0 bridgehead atoms. The second kappa shape index (κ2) is 9.23. The summed E-state index contributed by atoms with van der Waals surface area (Å²) >= 11 is 0. The highest BCUT2D eigenvalue weighted by Crippen LogP contribution is 2.28. The lowest BCUT2D eigenvalue weighted by Crippen LogP contribution is -2.38. The zero-order chi connectivity index (χ0) is 20.8. The number of carbonyl (C=O) groups is 1. The molecule has 30 heavy (non-hydrogen) atoms. The van der Waals surface area contributed by atoms with Crippen molar-refractivity contribution in [2.24, 2.45) is 5.73 Å². The lowest BCUT2D eigenvalue weighted by molar-refractivity contribution is 0.0997. The SMILES string of the molecule is NC(=O)c1cnc(NC2CCCNC2)nc1Oc1ccc(Oc2ccccc2)cc1. The van der Waals surface area contributed by atoms with Crippen LogP contribution in [0.25, 0.3) is 0 Å². The Kier molecular flexibility index (Phi) is 6.05. The number of benzene rings is 2. The predicted molar refractivity (Wildman–Crippen MR) is 113 cm³/mol. The van der Waals surface area contributed by atoms with E-state index in [9.17, 15) is 4.79 Å². The van der Waals surface area contributed by atoms with E-state index in [1.807, 2.05) is 30.3 Å². The highest BCUT2D eigenvalue weighted by molar-refractivity contribution is 5.94. The Balaban J connectivity index is 1.49. The molecule has 1 amide bonds. The average Bonchev–Trinajstić information content (AvgIpc) is 2.77. The number of amides is 1. The largest absolute Gasteiger partial charge is 0.457 e. The molecule has 154 valence electrons. The molecule has 8 nitrogen and oxygen atoms in total. The Morgan fingerprint density at radius 3 is 2.40 bits per heavy atom. The van der Waals surface area contributed by atoms with E-state index < -0.39 is 5.91 Å². The second-order valence-corrected chi connectivity index (χ2v) is 6.95. The number of primary amides is 1. The van der Waals surface area contributed by atoms with Crippen LogP contribution in [0.3, 0.4) is 0 Å². The molecule has 2 aromatic carbocycles. The lowest BCUT2D eigenvalue weighted by Gasteiger charge is -2.23. The minimum Gasteiger partial charge on any atom is -0.457 e. The average molecular weight is 405 g/mol. The number of piperidine rings is 1. The van der Waals surface area contributed by atoms with Gasteiger partial charge in [-0.05, 0) is 55.8 Å². The van der Waals surface area contributed by atoms with Crippen LogP contribution >= 0.6 is 0 Å². The van der Waals surface area contributed by atoms with Crippen LogP contribution in [-0.2, 0) is 0 Å². The Hall–Kier alpha value is -3.65. The molecule has 0 spiro atoms. The van der Waals surface area contributed by atoms with Gasteiger partial charge in [-0.3, -0.25) is 4.79 Å². The van der Waals surface area contributed by atoms with Gasteiger partial charge in [0.05, 0.1) is 0 Å². The van der Waals surface area contributed by atoms with Gasteiger partial charge < -0.3 is 25.8 Å². The van der Waals surface area contributed by atoms with Gasteiger partial charge in [0.1, 0.15) is 22.8 Å². The van der Waals surface area contributed by atoms with Gasteiger partial charge in [0.25, 0.3) is 5.91 Å². The maximum atomic E-state index is 11.8. The minimum atomic E-state index is -0.653. The second-order valence-electron chi connectivity index (χ2n) is 6.95. The molecule has 0 saturated carbocycles. The molecule has 8 heteroatoms. The first-order chi connectivity index (χ1) is 14.7. The number of para-hydroxylation sites is 1. The summed E-state index contributed by atoms with van der Waals surface area (Å²) in [6.45, 7) is 1.85. The first kappa shape index (κ1) is 19.7. The number of rotatable bonds is 7. The molecule has 1 fully saturated rings. The molecule has 3 aromatic rings. The molecule has 1 aliphatic heterocycles. The standard InChI is InChI=1S/C22H23N5O3/c23-20(28)19-14-25-22(26-15-5-4-12-24-13-15)27-21(19)30-18-10-8-17(9-11-18)29-16-6-2-1-3-7-16/h1-3,6-11,14-15,24H,4-5,12-13H2,(H2,23,28)(H,25,26,27). The zero-order valence-electron chi connectivity index (χ0n) is 16.4. The molecule has 0 radical (unpaired) electrons. The molecular weight excluding hydrogens is 382 g/mol. The normalized spacial score (nSPS) is 15.9. The number of hydrogen-bond acceptors (Lipinski definition) is 7. The maximum absolute atomic E-state index is 11.8. The van der Waals surface area contributed by atoms with E-state index in [2.05, 4.69) is 20.6 Å². The van der Waals surface area contributed by atoms with Gasteiger partial charge in [0.15, 0.2) is 0 Å². The maximum Gasteiger partial charge on any atom is 0.255 e. The van der Waals surface area contributed by atoms with Gasteiger partial charge in [0.2, 0.25) is 11.8 Å². The number of hydrogen-bond donors (Lipinski definition) is 3. The van der Waals surface area contributed by atoms with E-state index in [1.165, 1.54) is 6.20 Å². The van der Waals surface area contributed by atoms with Crippen molar-refractivity contribution in [3.63, 3.8) is 0 Å². The summed E-state index contributed by atoms with van der Waals surface area (Å²) in [6.07, 6.45) is 3.49. The van der Waals surface area contributed by atoms with Gasteiger partial charge in [-0.15, -0.1) is 0 Å². The van der Waals surface area contributed by atoms with Crippen molar-refractivity contribution in [3.05, 3.63) is 66.4 Å². The molecule has 1 unspecified atom stereocenters. The van der Waals surface area contributed by atoms with Gasteiger partial charge in [-0.25, -0.2) is 4.98 Å². The first-order valence-corrected chi connectivity index (χ1v) is 9.82. The molecule has 1 saturated heterocycles. The summed E-state index contributed by atoms with van der Waals surface area (Å²) in [5, 5.41) is 6.60. The molecule has 4 rings (SSSR count). The fourth-order valence-corrected chi connectivity index (χ4v) is 3.15. The molecule has 1 aliphatic rings. The first-order valence-electron chi connectivity index (χ1n) is 9.82. The van der Waals surface area contributed by atoms with Crippen LogP contribution in [0, 0.1) is 0 Å². The van der Waals surface area contributed by atoms with Crippen molar-refractivity contribution in [3.8, 4) is 23.1 Å². The van der Waals surface area contributed by atoms with Crippen molar-refractivity contribution >= 4 is 11.9 Å². The highest BCUT2D eigenvalue weighted by atomic mass is 16.5. The zero-order valence-corrected chi connectivity index (χ0v) is 16.4. The Labute approximate surface area is 174 Å². The molecule has 4 N–H and O–H groups in total. The molecule has 1 aromatic heterocycles. The van der Waals surface area contributed by atoms with Crippen LogP contribution in [0.4, 0.5) is 5.95 Å². The smallest absolute Gasteiger partial charge is 0.255 e. The Morgan fingerprint density at radius 2 is 1.73 bits per heavy atom. The van der Waals surface area contributed by atoms with E-state index in [4.69, 9.17) is 15.2 Å². The van der Waals surface area contributed by atoms with Crippen LogP contribution in [0.15, 0.2) is 60.8 Å². The topological polar surface area (TPSA) is 111 Å². The van der Waals surface area contributed by atoms with Crippen molar-refractivity contribution in [1.29, 1.82) is 0 Å². The minimum absolute atomic E-state index is 0.112. The van der Waals surface area contributed by atoms with Crippen molar-refractivity contribution in [2.75, 3.05) is 18.4 Å². The number of nitrogens with two attached hydrogens (primary N) is 1. The van der Waals surface area contributed by atoms with Crippen LogP contribution in [0.5, 0.6) is 23.1 Å². The van der Waals surface area contributed by atoms with E-state index in [-0.39, 0.29) is 17.5 Å². The molecule has 2 heterocycles. The van der Waals surface area contributed by atoms with E-state index in [1.54, 1.807) is 24.3 Å². The summed E-state index contributed by atoms with van der Waals surface area (Å²) in [6, 6.07) is 16.7. The van der Waals surface area contributed by atoms with Crippen LogP contribution in [-0.4, -0.2) is 35.0 Å². The molecule has 1 atom stereocenters. The number of aromatic nitrogens is 2. The quantitative estimate of drug-likeness (QED) is 0.553. The van der Waals surface area contributed by atoms with E-state index >= 15 is 0 Å². The van der Waals surface area contributed by atoms with Crippen LogP contribution < -0.4 is 25.8 Å². The Bertz CT molecular complexity index is 989. The van der Waals surface area contributed by atoms with Gasteiger partial charge >= 0.3 is 0 Å². The van der Waals surface area contributed by atoms with Gasteiger partial charge in [-0.1, -0.05) is 18.2 Å². The van der Waals surface area contributed by atoms with Crippen LogP contribution in [0.1, 0.15) is 23.2 Å². The molecule has 0 aliphatic carbocycles. The fourth-order valence-electron chi connectivity index (χ4n) is 3.15. The third-order valence-corrected chi connectivity index (χ3v) is 4.67.